The minimum Gasteiger partial charge on any atom is -0.492 e. The molecule has 1 atom stereocenters. The van der Waals surface area contributed by atoms with Crippen LogP contribution in [-0.2, 0) is 17.8 Å². The van der Waals surface area contributed by atoms with Crippen molar-refractivity contribution in [3.8, 4) is 5.75 Å². The van der Waals surface area contributed by atoms with Crippen LogP contribution in [-0.4, -0.2) is 28.6 Å². The molecule has 3 N–H and O–H groups in total. The second-order valence-electron chi connectivity index (χ2n) is 8.02. The average Bonchev–Trinajstić information content (AvgIpc) is 2.77. The van der Waals surface area contributed by atoms with Crippen LogP contribution in [0.3, 0.4) is 0 Å². The highest BCUT2D eigenvalue weighted by molar-refractivity contribution is 5.97. The largest absolute Gasteiger partial charge is 0.492 e. The van der Waals surface area contributed by atoms with E-state index in [4.69, 9.17) is 10.5 Å². The number of hydrogen-bond donors (Lipinski definition) is 2. The maximum Gasteiger partial charge on any atom is 0.330 e. The highest BCUT2D eigenvalue weighted by Crippen LogP contribution is 2.29. The molecule has 1 aliphatic rings. The summed E-state index contributed by atoms with van der Waals surface area (Å²) in [4.78, 5) is 42.5. The van der Waals surface area contributed by atoms with Crippen LogP contribution in [0.5, 0.6) is 5.75 Å². The van der Waals surface area contributed by atoms with E-state index in [-0.39, 0.29) is 24.0 Å². The Bertz CT molecular complexity index is 1030. The molecule has 0 radical (unpaired) electrons. The Labute approximate surface area is 182 Å². The van der Waals surface area contributed by atoms with Gasteiger partial charge in [-0.05, 0) is 30.9 Å². The molecular formula is C23H32N4O4. The van der Waals surface area contributed by atoms with Crippen LogP contribution in [0.15, 0.2) is 33.9 Å². The van der Waals surface area contributed by atoms with Gasteiger partial charge in [-0.25, -0.2) is 4.79 Å². The van der Waals surface area contributed by atoms with E-state index in [1.54, 1.807) is 0 Å². The van der Waals surface area contributed by atoms with Crippen molar-refractivity contribution in [3.63, 3.8) is 0 Å². The van der Waals surface area contributed by atoms with Crippen molar-refractivity contribution in [2.75, 3.05) is 23.8 Å². The fourth-order valence-corrected chi connectivity index (χ4v) is 3.94. The lowest BCUT2D eigenvalue weighted by Gasteiger charge is -2.31. The van der Waals surface area contributed by atoms with Crippen LogP contribution >= 0.6 is 0 Å². The molecule has 1 unspecified atom stereocenters. The zero-order valence-electron chi connectivity index (χ0n) is 18.4. The number of hydrogen-bond acceptors (Lipinski definition) is 5. The number of unbranched alkanes of at least 4 members (excludes halogenated alkanes) is 3. The molecule has 0 saturated carbocycles. The van der Waals surface area contributed by atoms with Gasteiger partial charge in [0.25, 0.3) is 5.56 Å². The second kappa shape index (κ2) is 10.3. The van der Waals surface area contributed by atoms with Crippen molar-refractivity contribution >= 4 is 17.4 Å². The lowest BCUT2D eigenvalue weighted by Crippen LogP contribution is -2.46. The number of nitrogens with zero attached hydrogens (tertiary/aromatic N) is 2. The molecular weight excluding hydrogens is 396 g/mol. The minimum absolute atomic E-state index is 0.0455. The average molecular weight is 429 g/mol. The summed E-state index contributed by atoms with van der Waals surface area (Å²) < 4.78 is 7.16. The number of para-hydroxylation sites is 1. The van der Waals surface area contributed by atoms with Gasteiger partial charge in [-0.1, -0.05) is 51.3 Å². The molecule has 0 saturated heterocycles. The first-order valence-corrected chi connectivity index (χ1v) is 11.1. The maximum atomic E-state index is 13.6. The van der Waals surface area contributed by atoms with Gasteiger partial charge >= 0.3 is 5.69 Å². The van der Waals surface area contributed by atoms with Crippen LogP contribution in [0.1, 0.15) is 51.5 Å². The van der Waals surface area contributed by atoms with Crippen LogP contribution in [0.2, 0.25) is 0 Å². The van der Waals surface area contributed by atoms with Crippen molar-refractivity contribution in [1.82, 2.24) is 9.55 Å². The molecule has 31 heavy (non-hydrogen) atoms. The number of carbonyl (C=O) groups is 1. The number of nitrogens with two attached hydrogens (primary N) is 1. The van der Waals surface area contributed by atoms with Crippen molar-refractivity contribution in [2.45, 2.75) is 58.9 Å². The molecule has 0 fully saturated rings. The van der Waals surface area contributed by atoms with Crippen LogP contribution in [0, 0.1) is 5.92 Å². The van der Waals surface area contributed by atoms with E-state index >= 15 is 0 Å². The zero-order valence-corrected chi connectivity index (χ0v) is 18.4. The molecule has 1 aromatic carbocycles. The van der Waals surface area contributed by atoms with E-state index in [0.29, 0.717) is 19.5 Å². The molecule has 1 amide bonds. The van der Waals surface area contributed by atoms with E-state index in [0.717, 1.165) is 43.4 Å². The summed E-state index contributed by atoms with van der Waals surface area (Å²) in [5.41, 5.74) is 6.15. The fourth-order valence-electron chi connectivity index (χ4n) is 3.94. The number of ether oxygens (including phenoxy) is 1. The van der Waals surface area contributed by atoms with Gasteiger partial charge in [0.1, 0.15) is 18.2 Å². The molecule has 8 heteroatoms. The Morgan fingerprint density at radius 2 is 1.94 bits per heavy atom. The first-order valence-electron chi connectivity index (χ1n) is 11.1. The summed E-state index contributed by atoms with van der Waals surface area (Å²) >= 11 is 0. The topological polar surface area (TPSA) is 110 Å². The fraction of sp³-hybridized carbons (Fsp3) is 0.522. The first kappa shape index (κ1) is 22.7. The van der Waals surface area contributed by atoms with Gasteiger partial charge < -0.3 is 15.4 Å². The first-order chi connectivity index (χ1) is 15.0. The number of nitrogen functional groups attached to an aromatic ring is 1. The Balaban J connectivity index is 1.97. The Hall–Kier alpha value is -3.03. The number of anilines is 2. The molecule has 2 heterocycles. The number of aromatic nitrogens is 2. The highest BCUT2D eigenvalue weighted by atomic mass is 16.5. The summed E-state index contributed by atoms with van der Waals surface area (Å²) in [5.74, 6) is 0.202. The van der Waals surface area contributed by atoms with Gasteiger partial charge in [-0.3, -0.25) is 19.1 Å². The molecule has 0 bridgehead atoms. The smallest absolute Gasteiger partial charge is 0.330 e. The summed E-state index contributed by atoms with van der Waals surface area (Å²) in [6, 6.07) is 7.65. The minimum atomic E-state index is -0.628. The van der Waals surface area contributed by atoms with E-state index in [1.807, 2.05) is 31.2 Å². The molecule has 8 nitrogen and oxygen atoms in total. The Kier molecular flexibility index (Phi) is 7.55. The number of benzene rings is 1. The normalized spacial score (nSPS) is 15.2. The van der Waals surface area contributed by atoms with Gasteiger partial charge in [0.2, 0.25) is 5.91 Å². The molecule has 168 valence electrons. The Morgan fingerprint density at radius 3 is 2.68 bits per heavy atom. The number of fused-ring (bicyclic) bond motifs is 1. The van der Waals surface area contributed by atoms with Gasteiger partial charge in [0.05, 0.1) is 5.92 Å². The number of aromatic amines is 1. The van der Waals surface area contributed by atoms with Crippen LogP contribution in [0.25, 0.3) is 0 Å². The number of carbonyl (C=O) groups excluding carboxylic acids is 1. The molecule has 0 aliphatic carbocycles. The van der Waals surface area contributed by atoms with E-state index in [1.165, 1.54) is 9.47 Å². The predicted octanol–water partition coefficient (Wildman–Crippen LogP) is 2.69. The van der Waals surface area contributed by atoms with Gasteiger partial charge in [0.15, 0.2) is 5.69 Å². The predicted molar refractivity (Wildman–Crippen MR) is 122 cm³/mol. The SMILES string of the molecule is CCCCCN(C(=O)C1COc2ccccc2C1)c1c(N)n(CCCC)c(=O)[nH]c1=O. The highest BCUT2D eigenvalue weighted by Gasteiger charge is 2.32. The third-order valence-corrected chi connectivity index (χ3v) is 5.70. The van der Waals surface area contributed by atoms with Crippen LogP contribution in [0.4, 0.5) is 11.5 Å². The summed E-state index contributed by atoms with van der Waals surface area (Å²) in [5, 5.41) is 0. The lowest BCUT2D eigenvalue weighted by molar-refractivity contribution is -0.123. The number of nitrogens with one attached hydrogen (secondary N) is 1. The second-order valence-corrected chi connectivity index (χ2v) is 8.02. The third kappa shape index (κ3) is 5.00. The maximum absolute atomic E-state index is 13.6. The summed E-state index contributed by atoms with van der Waals surface area (Å²) in [6.45, 7) is 5.08. The van der Waals surface area contributed by atoms with Crippen molar-refractivity contribution in [1.29, 1.82) is 0 Å². The number of H-pyrrole nitrogens is 1. The Morgan fingerprint density at radius 1 is 1.19 bits per heavy atom. The van der Waals surface area contributed by atoms with Gasteiger partial charge in [-0.15, -0.1) is 0 Å². The number of rotatable bonds is 9. The summed E-state index contributed by atoms with van der Waals surface area (Å²) in [6.07, 6.45) is 4.78. The molecule has 3 rings (SSSR count). The van der Waals surface area contributed by atoms with E-state index in [2.05, 4.69) is 11.9 Å². The van der Waals surface area contributed by atoms with Crippen LogP contribution < -0.4 is 26.6 Å². The molecule has 0 spiro atoms. The van der Waals surface area contributed by atoms with Gasteiger partial charge in [-0.2, -0.15) is 0 Å². The van der Waals surface area contributed by atoms with Crippen molar-refractivity contribution in [3.05, 3.63) is 50.7 Å². The monoisotopic (exact) mass is 428 g/mol. The molecule has 1 aliphatic heterocycles. The lowest BCUT2D eigenvalue weighted by atomic mass is 9.95. The van der Waals surface area contributed by atoms with Gasteiger partial charge in [0, 0.05) is 13.1 Å². The van der Waals surface area contributed by atoms with E-state index < -0.39 is 17.2 Å². The standard InChI is InChI=1S/C23H32N4O4/c1-3-5-9-13-26(19-20(24)27(12-6-4-2)23(30)25-21(19)28)22(29)17-14-16-10-7-8-11-18(16)31-15-17/h7-8,10-11,17H,3-6,9,12-15,24H2,1-2H3,(H,25,28,30). The number of amides is 1. The third-order valence-electron chi connectivity index (χ3n) is 5.70. The van der Waals surface area contributed by atoms with E-state index in [9.17, 15) is 14.4 Å². The quantitative estimate of drug-likeness (QED) is 0.597. The van der Waals surface area contributed by atoms with Crippen molar-refractivity contribution < 1.29 is 9.53 Å². The molecule has 2 aromatic rings. The molecule has 1 aromatic heterocycles. The zero-order chi connectivity index (χ0) is 22.4. The van der Waals surface area contributed by atoms with Crippen molar-refractivity contribution in [2.24, 2.45) is 5.92 Å². The summed E-state index contributed by atoms with van der Waals surface area (Å²) in [7, 11) is 0.